The summed E-state index contributed by atoms with van der Waals surface area (Å²) in [6, 6.07) is 1.33. The zero-order chi connectivity index (χ0) is 12.6. The Morgan fingerprint density at radius 2 is 1.82 bits per heavy atom. The van der Waals surface area contributed by atoms with Gasteiger partial charge in [-0.25, -0.2) is 22.9 Å². The van der Waals surface area contributed by atoms with Gasteiger partial charge >= 0.3 is 5.97 Å². The molecular weight excluding hydrogens is 239 g/mol. The molecule has 0 unspecified atom stereocenters. The molecule has 1 aromatic carbocycles. The number of nitrogens with zero attached hydrogens (tertiary/aromatic N) is 1. The van der Waals surface area contributed by atoms with Crippen molar-refractivity contribution in [3.63, 3.8) is 0 Å². The van der Waals surface area contributed by atoms with Crippen molar-refractivity contribution >= 4 is 5.97 Å². The maximum Gasteiger partial charge on any atom is 0.357 e. The van der Waals surface area contributed by atoms with E-state index in [2.05, 4.69) is 4.98 Å². The van der Waals surface area contributed by atoms with E-state index in [4.69, 9.17) is 9.52 Å². The van der Waals surface area contributed by atoms with Crippen LogP contribution in [0, 0.1) is 17.5 Å². The lowest BCUT2D eigenvalue weighted by Gasteiger charge is -1.98. The molecule has 0 saturated heterocycles. The van der Waals surface area contributed by atoms with Crippen molar-refractivity contribution in [3.8, 4) is 11.5 Å². The first-order valence-electron chi connectivity index (χ1n) is 4.33. The molecule has 2 rings (SSSR count). The third-order valence-corrected chi connectivity index (χ3v) is 1.95. The second kappa shape index (κ2) is 3.93. The van der Waals surface area contributed by atoms with E-state index in [9.17, 15) is 18.0 Å². The highest BCUT2D eigenvalue weighted by Crippen LogP contribution is 2.23. The van der Waals surface area contributed by atoms with Gasteiger partial charge in [0.1, 0.15) is 6.26 Å². The molecule has 0 aliphatic heterocycles. The van der Waals surface area contributed by atoms with E-state index in [1.165, 1.54) is 0 Å². The molecule has 88 valence electrons. The molecular formula is C10H4F3NO3. The number of rotatable bonds is 2. The second-order valence-corrected chi connectivity index (χ2v) is 3.10. The Balaban J connectivity index is 2.49. The normalized spacial score (nSPS) is 10.5. The summed E-state index contributed by atoms with van der Waals surface area (Å²) in [5, 5.41) is 8.57. The van der Waals surface area contributed by atoms with Gasteiger partial charge in [-0.1, -0.05) is 0 Å². The molecule has 17 heavy (non-hydrogen) atoms. The molecule has 0 radical (unpaired) electrons. The molecule has 0 fully saturated rings. The average molecular weight is 243 g/mol. The minimum absolute atomic E-state index is 0.186. The largest absolute Gasteiger partial charge is 0.476 e. The van der Waals surface area contributed by atoms with Crippen molar-refractivity contribution in [1.82, 2.24) is 4.98 Å². The number of carbonyl (C=O) groups is 1. The molecule has 2 aromatic rings. The van der Waals surface area contributed by atoms with Crippen LogP contribution in [-0.2, 0) is 0 Å². The van der Waals surface area contributed by atoms with Crippen molar-refractivity contribution in [3.05, 3.63) is 41.5 Å². The zero-order valence-electron chi connectivity index (χ0n) is 8.08. The van der Waals surface area contributed by atoms with E-state index in [-0.39, 0.29) is 11.5 Å². The van der Waals surface area contributed by atoms with Crippen LogP contribution < -0.4 is 0 Å². The maximum absolute atomic E-state index is 12.9. The molecule has 1 N–H and O–H groups in total. The van der Waals surface area contributed by atoms with E-state index in [1.807, 2.05) is 0 Å². The molecule has 4 nitrogen and oxygen atoms in total. The van der Waals surface area contributed by atoms with Crippen LogP contribution in [0.4, 0.5) is 13.2 Å². The molecule has 1 aromatic heterocycles. The van der Waals surface area contributed by atoms with Gasteiger partial charge in [0.25, 0.3) is 0 Å². The Hall–Kier alpha value is -2.31. The quantitative estimate of drug-likeness (QED) is 0.823. The molecule has 1 heterocycles. The lowest BCUT2D eigenvalue weighted by atomic mass is 10.2. The van der Waals surface area contributed by atoms with Gasteiger partial charge in [0.15, 0.2) is 23.1 Å². The summed E-state index contributed by atoms with van der Waals surface area (Å²) in [5.74, 6) is -6.08. The van der Waals surface area contributed by atoms with Crippen molar-refractivity contribution in [2.75, 3.05) is 0 Å². The van der Waals surface area contributed by atoms with Crippen molar-refractivity contribution in [2.45, 2.75) is 0 Å². The summed E-state index contributed by atoms with van der Waals surface area (Å²) in [5.41, 5.74) is -0.598. The van der Waals surface area contributed by atoms with Crippen molar-refractivity contribution in [2.24, 2.45) is 0 Å². The standard InChI is InChI=1S/C10H4F3NO3/c11-5-1-4(2-6(12)8(5)13)9-14-7(3-17-9)10(15)16/h1-3H,(H,15,16). The fourth-order valence-corrected chi connectivity index (χ4v) is 1.18. The fourth-order valence-electron chi connectivity index (χ4n) is 1.18. The lowest BCUT2D eigenvalue weighted by Crippen LogP contribution is -1.96. The minimum Gasteiger partial charge on any atom is -0.476 e. The summed E-state index contributed by atoms with van der Waals surface area (Å²) in [6.45, 7) is 0. The molecule has 7 heteroatoms. The molecule has 0 saturated carbocycles. The number of hydrogen-bond acceptors (Lipinski definition) is 3. The Bertz CT molecular complexity index is 571. The van der Waals surface area contributed by atoms with Gasteiger partial charge in [-0.05, 0) is 12.1 Å². The highest BCUT2D eigenvalue weighted by molar-refractivity contribution is 5.85. The minimum atomic E-state index is -1.61. The maximum atomic E-state index is 12.9. The van der Waals surface area contributed by atoms with E-state index >= 15 is 0 Å². The number of carboxylic acid groups (broad SMARTS) is 1. The Kier molecular flexibility index (Phi) is 2.58. The van der Waals surface area contributed by atoms with E-state index in [0.29, 0.717) is 12.1 Å². The highest BCUT2D eigenvalue weighted by atomic mass is 19.2. The van der Waals surface area contributed by atoms with Gasteiger partial charge < -0.3 is 9.52 Å². The predicted octanol–water partition coefficient (Wildman–Crippen LogP) is 2.46. The van der Waals surface area contributed by atoms with E-state index in [0.717, 1.165) is 6.26 Å². The highest BCUT2D eigenvalue weighted by Gasteiger charge is 2.16. The summed E-state index contributed by atoms with van der Waals surface area (Å²) in [7, 11) is 0. The number of aromatic nitrogens is 1. The van der Waals surface area contributed by atoms with Gasteiger partial charge in [-0.2, -0.15) is 0 Å². The summed E-state index contributed by atoms with van der Waals surface area (Å²) >= 11 is 0. The summed E-state index contributed by atoms with van der Waals surface area (Å²) in [4.78, 5) is 14.0. The van der Waals surface area contributed by atoms with Crippen LogP contribution in [0.1, 0.15) is 10.5 Å². The first-order chi connectivity index (χ1) is 7.99. The van der Waals surface area contributed by atoms with Crippen LogP contribution >= 0.6 is 0 Å². The van der Waals surface area contributed by atoms with Crippen LogP contribution in [0.5, 0.6) is 0 Å². The molecule has 0 aliphatic rings. The SMILES string of the molecule is O=C(O)c1coc(-c2cc(F)c(F)c(F)c2)n1. The number of aromatic carboxylic acids is 1. The molecule has 0 bridgehead atoms. The molecule has 0 atom stereocenters. The third-order valence-electron chi connectivity index (χ3n) is 1.95. The molecule has 0 spiro atoms. The van der Waals surface area contributed by atoms with Crippen LogP contribution in [0.15, 0.2) is 22.8 Å². The lowest BCUT2D eigenvalue weighted by molar-refractivity contribution is 0.0690. The predicted molar refractivity (Wildman–Crippen MR) is 48.8 cm³/mol. The number of halogens is 3. The Labute approximate surface area is 92.3 Å². The Morgan fingerprint density at radius 1 is 1.24 bits per heavy atom. The van der Waals surface area contributed by atoms with E-state index in [1.54, 1.807) is 0 Å². The molecule has 0 amide bonds. The van der Waals surface area contributed by atoms with Crippen LogP contribution in [-0.4, -0.2) is 16.1 Å². The third kappa shape index (κ3) is 1.99. The zero-order valence-corrected chi connectivity index (χ0v) is 8.08. The van der Waals surface area contributed by atoms with Crippen LogP contribution in [0.25, 0.3) is 11.5 Å². The van der Waals surface area contributed by atoms with Gasteiger partial charge in [0.2, 0.25) is 5.89 Å². The van der Waals surface area contributed by atoms with E-state index < -0.39 is 29.1 Å². The summed E-state index contributed by atoms with van der Waals surface area (Å²) in [6.07, 6.45) is 0.816. The van der Waals surface area contributed by atoms with Crippen molar-refractivity contribution in [1.29, 1.82) is 0 Å². The number of oxazole rings is 1. The second-order valence-electron chi connectivity index (χ2n) is 3.10. The first kappa shape index (κ1) is 11.2. The van der Waals surface area contributed by atoms with Crippen molar-refractivity contribution < 1.29 is 27.5 Å². The molecule has 0 aliphatic carbocycles. The number of hydrogen-bond donors (Lipinski definition) is 1. The van der Waals surface area contributed by atoms with Crippen LogP contribution in [0.3, 0.4) is 0 Å². The number of benzene rings is 1. The Morgan fingerprint density at radius 3 is 2.29 bits per heavy atom. The number of carboxylic acids is 1. The van der Waals surface area contributed by atoms with Crippen LogP contribution in [0.2, 0.25) is 0 Å². The van der Waals surface area contributed by atoms with Gasteiger partial charge in [-0.15, -0.1) is 0 Å². The first-order valence-corrected chi connectivity index (χ1v) is 4.33. The van der Waals surface area contributed by atoms with Gasteiger partial charge in [0.05, 0.1) is 0 Å². The average Bonchev–Trinajstić information content (AvgIpc) is 2.74. The topological polar surface area (TPSA) is 63.3 Å². The van der Waals surface area contributed by atoms with Gasteiger partial charge in [-0.3, -0.25) is 0 Å². The monoisotopic (exact) mass is 243 g/mol. The summed E-state index contributed by atoms with van der Waals surface area (Å²) < 4.78 is 43.2. The van der Waals surface area contributed by atoms with Gasteiger partial charge in [0, 0.05) is 5.56 Å². The smallest absolute Gasteiger partial charge is 0.357 e. The fraction of sp³-hybridized carbons (Fsp3) is 0.